The van der Waals surface area contributed by atoms with E-state index in [2.05, 4.69) is 30.3 Å². The molecule has 0 saturated heterocycles. The largest absolute Gasteiger partial charge is 0.312 e. The summed E-state index contributed by atoms with van der Waals surface area (Å²) in [6, 6.07) is 2.54. The number of hydrogen-bond donors (Lipinski definition) is 1. The van der Waals surface area contributed by atoms with Crippen LogP contribution in [0.3, 0.4) is 0 Å². The lowest BCUT2D eigenvalue weighted by Crippen LogP contribution is -2.19. The lowest BCUT2D eigenvalue weighted by molar-refractivity contribution is 0.569. The van der Waals surface area contributed by atoms with Crippen molar-refractivity contribution in [2.24, 2.45) is 7.05 Å². The van der Waals surface area contributed by atoms with E-state index in [1.165, 1.54) is 15.3 Å². The van der Waals surface area contributed by atoms with Gasteiger partial charge in [0.25, 0.3) is 0 Å². The van der Waals surface area contributed by atoms with Gasteiger partial charge in [-0.25, -0.2) is 0 Å². The van der Waals surface area contributed by atoms with Gasteiger partial charge >= 0.3 is 0 Å². The molecular formula is C14H20ClN3S. The van der Waals surface area contributed by atoms with Gasteiger partial charge in [0.1, 0.15) is 0 Å². The number of rotatable bonds is 4. The van der Waals surface area contributed by atoms with Gasteiger partial charge in [-0.3, -0.25) is 4.68 Å². The SMILES string of the molecule is CNC(Cc1c(Cl)c(C)nn1C)c1cc(C)c(C)s1. The third-order valence-corrected chi connectivity index (χ3v) is 5.29. The molecule has 19 heavy (non-hydrogen) atoms. The Hall–Kier alpha value is -0.840. The molecule has 0 spiro atoms. The van der Waals surface area contributed by atoms with Crippen LogP contribution in [0.2, 0.25) is 5.02 Å². The van der Waals surface area contributed by atoms with Gasteiger partial charge < -0.3 is 5.32 Å². The van der Waals surface area contributed by atoms with Gasteiger partial charge in [-0.1, -0.05) is 11.6 Å². The second-order valence-electron chi connectivity index (χ2n) is 4.90. The van der Waals surface area contributed by atoms with Crippen LogP contribution >= 0.6 is 22.9 Å². The summed E-state index contributed by atoms with van der Waals surface area (Å²) < 4.78 is 1.88. The molecule has 0 aliphatic carbocycles. The van der Waals surface area contributed by atoms with Crippen molar-refractivity contribution < 1.29 is 0 Å². The predicted molar refractivity (Wildman–Crippen MR) is 82.3 cm³/mol. The minimum absolute atomic E-state index is 0.282. The molecule has 0 saturated carbocycles. The van der Waals surface area contributed by atoms with Crippen LogP contribution in [0.15, 0.2) is 6.07 Å². The zero-order chi connectivity index (χ0) is 14.2. The van der Waals surface area contributed by atoms with Crippen molar-refractivity contribution in [2.75, 3.05) is 7.05 Å². The minimum Gasteiger partial charge on any atom is -0.312 e. The third kappa shape index (κ3) is 2.86. The first-order chi connectivity index (χ1) is 8.93. The van der Waals surface area contributed by atoms with Crippen molar-refractivity contribution in [1.82, 2.24) is 15.1 Å². The van der Waals surface area contributed by atoms with Crippen LogP contribution < -0.4 is 5.32 Å². The number of likely N-dealkylation sites (N-methyl/N-ethyl adjacent to an activating group) is 1. The number of nitrogens with zero attached hydrogens (tertiary/aromatic N) is 2. The summed E-state index contributed by atoms with van der Waals surface area (Å²) in [6.07, 6.45) is 0.853. The van der Waals surface area contributed by atoms with Gasteiger partial charge in [-0.15, -0.1) is 11.3 Å². The third-order valence-electron chi connectivity index (χ3n) is 3.54. The molecule has 0 aromatic carbocycles. The number of halogens is 1. The number of thiophene rings is 1. The summed E-state index contributed by atoms with van der Waals surface area (Å²) >= 11 is 8.18. The summed E-state index contributed by atoms with van der Waals surface area (Å²) in [7, 11) is 3.94. The highest BCUT2D eigenvalue weighted by atomic mass is 35.5. The maximum absolute atomic E-state index is 6.33. The Balaban J connectivity index is 2.29. The van der Waals surface area contributed by atoms with Crippen molar-refractivity contribution in [2.45, 2.75) is 33.2 Å². The van der Waals surface area contributed by atoms with Crippen LogP contribution in [0.1, 0.15) is 32.7 Å². The van der Waals surface area contributed by atoms with Crippen molar-refractivity contribution >= 4 is 22.9 Å². The van der Waals surface area contributed by atoms with Gasteiger partial charge in [0.15, 0.2) is 0 Å². The molecule has 0 fully saturated rings. The Morgan fingerprint density at radius 3 is 2.53 bits per heavy atom. The maximum atomic E-state index is 6.33. The fourth-order valence-corrected chi connectivity index (χ4v) is 3.60. The second-order valence-corrected chi connectivity index (χ2v) is 6.57. The normalized spacial score (nSPS) is 12.9. The number of nitrogens with one attached hydrogen (secondary N) is 1. The molecule has 2 aromatic rings. The smallest absolute Gasteiger partial charge is 0.0847 e. The first-order valence-electron chi connectivity index (χ1n) is 6.36. The van der Waals surface area contributed by atoms with E-state index in [0.717, 1.165) is 22.8 Å². The van der Waals surface area contributed by atoms with E-state index in [1.807, 2.05) is 37.0 Å². The Morgan fingerprint density at radius 1 is 1.42 bits per heavy atom. The van der Waals surface area contributed by atoms with Gasteiger partial charge in [0, 0.05) is 29.3 Å². The molecular weight excluding hydrogens is 278 g/mol. The van der Waals surface area contributed by atoms with Crippen molar-refractivity contribution in [1.29, 1.82) is 0 Å². The number of aryl methyl sites for hydroxylation is 4. The van der Waals surface area contributed by atoms with Gasteiger partial charge in [-0.05, 0) is 39.4 Å². The molecule has 0 amide bonds. The van der Waals surface area contributed by atoms with Crippen LogP contribution in [0.4, 0.5) is 0 Å². The minimum atomic E-state index is 0.282. The molecule has 2 rings (SSSR count). The molecule has 2 heterocycles. The molecule has 0 aliphatic heterocycles. The average Bonchev–Trinajstić information content (AvgIpc) is 2.80. The van der Waals surface area contributed by atoms with Gasteiger partial charge in [0.05, 0.1) is 16.4 Å². The Morgan fingerprint density at radius 2 is 2.11 bits per heavy atom. The van der Waals surface area contributed by atoms with E-state index >= 15 is 0 Å². The van der Waals surface area contributed by atoms with E-state index in [9.17, 15) is 0 Å². The lowest BCUT2D eigenvalue weighted by Gasteiger charge is -2.15. The fraction of sp³-hybridized carbons (Fsp3) is 0.500. The molecule has 1 N–H and O–H groups in total. The fourth-order valence-electron chi connectivity index (χ4n) is 2.21. The average molecular weight is 298 g/mol. The molecule has 104 valence electrons. The highest BCUT2D eigenvalue weighted by Crippen LogP contribution is 2.30. The number of aromatic nitrogens is 2. The predicted octanol–water partition coefficient (Wildman–Crippen LogP) is 3.56. The molecule has 0 radical (unpaired) electrons. The van der Waals surface area contributed by atoms with Gasteiger partial charge in [0.2, 0.25) is 0 Å². The zero-order valence-corrected chi connectivity index (χ0v) is 13.6. The maximum Gasteiger partial charge on any atom is 0.0847 e. The lowest BCUT2D eigenvalue weighted by atomic mass is 10.1. The zero-order valence-electron chi connectivity index (χ0n) is 12.0. The molecule has 2 aromatic heterocycles. The van der Waals surface area contributed by atoms with Crippen LogP contribution in [0, 0.1) is 20.8 Å². The van der Waals surface area contributed by atoms with Crippen LogP contribution in [0.5, 0.6) is 0 Å². The van der Waals surface area contributed by atoms with Gasteiger partial charge in [-0.2, -0.15) is 5.10 Å². The Kier molecular flexibility index (Phi) is 4.33. The molecule has 5 heteroatoms. The summed E-state index contributed by atoms with van der Waals surface area (Å²) in [5, 5.41) is 8.54. The van der Waals surface area contributed by atoms with Crippen LogP contribution in [-0.4, -0.2) is 16.8 Å². The van der Waals surface area contributed by atoms with E-state index in [4.69, 9.17) is 11.6 Å². The van der Waals surface area contributed by atoms with E-state index in [1.54, 1.807) is 0 Å². The molecule has 1 atom stereocenters. The summed E-state index contributed by atoms with van der Waals surface area (Å²) in [5.74, 6) is 0. The first-order valence-corrected chi connectivity index (χ1v) is 7.55. The number of hydrogen-bond acceptors (Lipinski definition) is 3. The van der Waals surface area contributed by atoms with E-state index < -0.39 is 0 Å². The highest BCUT2D eigenvalue weighted by molar-refractivity contribution is 7.12. The topological polar surface area (TPSA) is 29.9 Å². The summed E-state index contributed by atoms with van der Waals surface area (Å²) in [6.45, 7) is 6.26. The van der Waals surface area contributed by atoms with Crippen LogP contribution in [0.25, 0.3) is 0 Å². The van der Waals surface area contributed by atoms with Crippen molar-refractivity contribution in [3.05, 3.63) is 37.8 Å². The quantitative estimate of drug-likeness (QED) is 0.935. The Labute approximate surface area is 123 Å². The molecule has 0 aliphatic rings. The molecule has 3 nitrogen and oxygen atoms in total. The molecule has 1 unspecified atom stereocenters. The Bertz CT molecular complexity index is 566. The summed E-state index contributed by atoms with van der Waals surface area (Å²) in [5.41, 5.74) is 3.34. The van der Waals surface area contributed by atoms with Crippen molar-refractivity contribution in [3.63, 3.8) is 0 Å². The summed E-state index contributed by atoms with van der Waals surface area (Å²) in [4.78, 5) is 2.73. The van der Waals surface area contributed by atoms with E-state index in [0.29, 0.717) is 0 Å². The molecule has 0 bridgehead atoms. The highest BCUT2D eigenvalue weighted by Gasteiger charge is 2.19. The first kappa shape index (κ1) is 14.6. The second kappa shape index (κ2) is 5.65. The monoisotopic (exact) mass is 297 g/mol. The van der Waals surface area contributed by atoms with E-state index in [-0.39, 0.29) is 6.04 Å². The van der Waals surface area contributed by atoms with Crippen LogP contribution in [-0.2, 0) is 13.5 Å². The standard InChI is InChI=1S/C14H20ClN3S/c1-8-6-13(19-10(8)3)11(16-4)7-12-14(15)9(2)17-18(12)5/h6,11,16H,7H2,1-5H3. The van der Waals surface area contributed by atoms with Crippen molar-refractivity contribution in [3.8, 4) is 0 Å².